The molecular formula is C17H29NO. The van der Waals surface area contributed by atoms with Gasteiger partial charge in [0.2, 0.25) is 0 Å². The van der Waals surface area contributed by atoms with Crippen LogP contribution in [0.4, 0.5) is 0 Å². The summed E-state index contributed by atoms with van der Waals surface area (Å²) in [6.07, 6.45) is 11.8. The van der Waals surface area contributed by atoms with Crippen molar-refractivity contribution in [2.45, 2.75) is 58.3 Å². The Kier molecular flexibility index (Phi) is 3.98. The first-order valence-electron chi connectivity index (χ1n) is 8.38. The van der Waals surface area contributed by atoms with Gasteiger partial charge in [0.05, 0.1) is 0 Å². The van der Waals surface area contributed by atoms with E-state index >= 15 is 0 Å². The first-order valence-corrected chi connectivity index (χ1v) is 8.38. The van der Waals surface area contributed by atoms with E-state index in [4.69, 9.17) is 0 Å². The Labute approximate surface area is 117 Å². The summed E-state index contributed by atoms with van der Waals surface area (Å²) in [6, 6.07) is 0. The molecule has 0 amide bonds. The van der Waals surface area contributed by atoms with Crippen molar-refractivity contribution in [2.75, 3.05) is 19.6 Å². The van der Waals surface area contributed by atoms with Gasteiger partial charge in [-0.25, -0.2) is 0 Å². The summed E-state index contributed by atoms with van der Waals surface area (Å²) in [4.78, 5) is 14.4. The molecule has 0 spiro atoms. The maximum atomic E-state index is 11.7. The van der Waals surface area contributed by atoms with Crippen LogP contribution in [0, 0.1) is 23.2 Å². The molecular weight excluding hydrogens is 234 g/mol. The lowest BCUT2D eigenvalue weighted by Gasteiger charge is -2.39. The molecule has 19 heavy (non-hydrogen) atoms. The molecule has 0 heterocycles. The highest BCUT2D eigenvalue weighted by atomic mass is 16.1. The Balaban J connectivity index is 1.58. The molecule has 3 aliphatic rings. The summed E-state index contributed by atoms with van der Waals surface area (Å²) in [5, 5.41) is 0. The highest BCUT2D eigenvalue weighted by Crippen LogP contribution is 2.40. The molecule has 3 aliphatic carbocycles. The van der Waals surface area contributed by atoms with E-state index in [0.29, 0.717) is 0 Å². The van der Waals surface area contributed by atoms with E-state index in [1.165, 1.54) is 57.9 Å². The lowest BCUT2D eigenvalue weighted by molar-refractivity contribution is -0.119. The van der Waals surface area contributed by atoms with Crippen molar-refractivity contribution in [1.82, 2.24) is 4.90 Å². The zero-order valence-corrected chi connectivity index (χ0v) is 12.4. The number of carbonyl (C=O) groups excluding carboxylic acids is 1. The van der Waals surface area contributed by atoms with E-state index in [1.54, 1.807) is 0 Å². The fraction of sp³-hybridized carbons (Fsp3) is 0.941. The summed E-state index contributed by atoms with van der Waals surface area (Å²) in [5.41, 5.74) is -0.00368. The Morgan fingerprint density at radius 3 is 1.95 bits per heavy atom. The third-order valence-electron chi connectivity index (χ3n) is 5.49. The molecule has 0 saturated heterocycles. The highest BCUT2D eigenvalue weighted by molar-refractivity contribution is 5.60. The van der Waals surface area contributed by atoms with Crippen LogP contribution in [0.3, 0.4) is 0 Å². The minimum absolute atomic E-state index is 0.00368. The first-order chi connectivity index (χ1) is 9.19. The van der Waals surface area contributed by atoms with Gasteiger partial charge in [0.25, 0.3) is 0 Å². The van der Waals surface area contributed by atoms with Crippen LogP contribution in [0.25, 0.3) is 0 Å². The molecule has 0 aromatic heterocycles. The van der Waals surface area contributed by atoms with Gasteiger partial charge in [0.15, 0.2) is 0 Å². The molecule has 2 nitrogen and oxygen atoms in total. The zero-order valence-electron chi connectivity index (χ0n) is 12.4. The van der Waals surface area contributed by atoms with Gasteiger partial charge >= 0.3 is 0 Å². The monoisotopic (exact) mass is 263 g/mol. The molecule has 0 aliphatic heterocycles. The SMILES string of the molecule is CC1CCC(C=O)(CN(CC2CC2)CC2CC2)CC1. The molecule has 3 saturated carbocycles. The van der Waals surface area contributed by atoms with E-state index in [2.05, 4.69) is 11.8 Å². The predicted octanol–water partition coefficient (Wildman–Crippen LogP) is 3.50. The van der Waals surface area contributed by atoms with Gasteiger partial charge in [0, 0.05) is 25.0 Å². The fourth-order valence-electron chi connectivity index (χ4n) is 3.63. The molecule has 108 valence electrons. The number of hydrogen-bond donors (Lipinski definition) is 0. The van der Waals surface area contributed by atoms with Crippen molar-refractivity contribution in [3.63, 3.8) is 0 Å². The van der Waals surface area contributed by atoms with Gasteiger partial charge in [-0.2, -0.15) is 0 Å². The first kappa shape index (κ1) is 13.6. The summed E-state index contributed by atoms with van der Waals surface area (Å²) in [6.45, 7) is 5.92. The Hall–Kier alpha value is -0.370. The summed E-state index contributed by atoms with van der Waals surface area (Å²) in [5.74, 6) is 2.73. The normalized spacial score (nSPS) is 35.6. The average Bonchev–Trinajstić information content (AvgIpc) is 3.29. The highest BCUT2D eigenvalue weighted by Gasteiger charge is 2.38. The van der Waals surface area contributed by atoms with E-state index in [0.717, 1.165) is 37.1 Å². The van der Waals surface area contributed by atoms with Gasteiger partial charge in [0.1, 0.15) is 6.29 Å². The smallest absolute Gasteiger partial charge is 0.127 e. The van der Waals surface area contributed by atoms with Gasteiger partial charge in [-0.05, 0) is 69.1 Å². The molecule has 3 fully saturated rings. The van der Waals surface area contributed by atoms with Gasteiger partial charge in [-0.1, -0.05) is 6.92 Å². The number of aldehydes is 1. The van der Waals surface area contributed by atoms with Crippen molar-refractivity contribution < 1.29 is 4.79 Å². The van der Waals surface area contributed by atoms with Crippen LogP contribution in [0.5, 0.6) is 0 Å². The second-order valence-corrected chi connectivity index (χ2v) is 7.74. The molecule has 0 N–H and O–H groups in total. The molecule has 0 aromatic carbocycles. The quantitative estimate of drug-likeness (QED) is 0.655. The van der Waals surface area contributed by atoms with Crippen LogP contribution in [0.1, 0.15) is 58.3 Å². The molecule has 0 aromatic rings. The minimum atomic E-state index is -0.00368. The summed E-state index contributed by atoms with van der Waals surface area (Å²) < 4.78 is 0. The Bertz CT molecular complexity index is 297. The fourth-order valence-corrected chi connectivity index (χ4v) is 3.63. The zero-order chi connectivity index (χ0) is 13.3. The number of nitrogens with zero attached hydrogens (tertiary/aromatic N) is 1. The van der Waals surface area contributed by atoms with Gasteiger partial charge in [-0.3, -0.25) is 0 Å². The topological polar surface area (TPSA) is 20.3 Å². The van der Waals surface area contributed by atoms with Crippen LogP contribution in [-0.4, -0.2) is 30.8 Å². The number of carbonyl (C=O) groups is 1. The van der Waals surface area contributed by atoms with Crippen LogP contribution in [0.15, 0.2) is 0 Å². The van der Waals surface area contributed by atoms with Gasteiger partial charge < -0.3 is 9.69 Å². The second kappa shape index (κ2) is 5.55. The molecule has 3 rings (SSSR count). The van der Waals surface area contributed by atoms with Crippen molar-refractivity contribution in [2.24, 2.45) is 23.2 Å². The molecule has 0 bridgehead atoms. The Morgan fingerprint density at radius 1 is 1.00 bits per heavy atom. The number of hydrogen-bond acceptors (Lipinski definition) is 2. The van der Waals surface area contributed by atoms with E-state index in [1.807, 2.05) is 0 Å². The van der Waals surface area contributed by atoms with Crippen molar-refractivity contribution >= 4 is 6.29 Å². The minimum Gasteiger partial charge on any atom is -0.303 e. The molecule has 2 heteroatoms. The largest absolute Gasteiger partial charge is 0.303 e. The van der Waals surface area contributed by atoms with Crippen LogP contribution in [0.2, 0.25) is 0 Å². The lowest BCUT2D eigenvalue weighted by Crippen LogP contribution is -2.43. The van der Waals surface area contributed by atoms with Crippen LogP contribution < -0.4 is 0 Å². The summed E-state index contributed by atoms with van der Waals surface area (Å²) in [7, 11) is 0. The van der Waals surface area contributed by atoms with E-state index < -0.39 is 0 Å². The van der Waals surface area contributed by atoms with Crippen molar-refractivity contribution in [3.8, 4) is 0 Å². The molecule has 0 radical (unpaired) electrons. The molecule has 0 atom stereocenters. The van der Waals surface area contributed by atoms with Gasteiger partial charge in [-0.15, -0.1) is 0 Å². The second-order valence-electron chi connectivity index (χ2n) is 7.74. The third kappa shape index (κ3) is 3.81. The maximum Gasteiger partial charge on any atom is 0.127 e. The van der Waals surface area contributed by atoms with Crippen LogP contribution >= 0.6 is 0 Å². The summed E-state index contributed by atoms with van der Waals surface area (Å²) >= 11 is 0. The van der Waals surface area contributed by atoms with E-state index in [-0.39, 0.29) is 5.41 Å². The van der Waals surface area contributed by atoms with Crippen molar-refractivity contribution in [3.05, 3.63) is 0 Å². The van der Waals surface area contributed by atoms with E-state index in [9.17, 15) is 4.79 Å². The van der Waals surface area contributed by atoms with Crippen LogP contribution in [-0.2, 0) is 4.79 Å². The Morgan fingerprint density at radius 2 is 1.53 bits per heavy atom. The predicted molar refractivity (Wildman–Crippen MR) is 78.0 cm³/mol. The standard InChI is InChI=1S/C17H29NO/c1-14-6-8-17(13-19,9-7-14)12-18(10-15-2-3-15)11-16-4-5-16/h13-16H,2-12H2,1H3. The molecule has 0 unspecified atom stereocenters. The van der Waals surface area contributed by atoms with Crippen molar-refractivity contribution in [1.29, 1.82) is 0 Å². The lowest BCUT2D eigenvalue weighted by atomic mass is 9.71. The third-order valence-corrected chi connectivity index (χ3v) is 5.49. The average molecular weight is 263 g/mol. The number of rotatable bonds is 7. The maximum absolute atomic E-state index is 11.7.